The van der Waals surface area contributed by atoms with E-state index in [-0.39, 0.29) is 30.2 Å². The Labute approximate surface area is 103 Å². The third-order valence-corrected chi connectivity index (χ3v) is 2.80. The number of aliphatic hydroxyl groups is 1. The van der Waals surface area contributed by atoms with Crippen molar-refractivity contribution in [3.8, 4) is 0 Å². The number of hydrogen-bond donors (Lipinski definition) is 2. The Morgan fingerprint density at radius 1 is 1.59 bits per heavy atom. The highest BCUT2D eigenvalue weighted by Crippen LogP contribution is 2.10. The molecule has 2 atom stereocenters. The molecular weight excluding hydrogens is 220 g/mol. The Balaban J connectivity index is 2.51. The van der Waals surface area contributed by atoms with E-state index in [9.17, 15) is 4.79 Å². The molecule has 100 valence electrons. The fraction of sp³-hybridized carbons (Fsp3) is 0.917. The summed E-state index contributed by atoms with van der Waals surface area (Å²) >= 11 is 0. The van der Waals surface area contributed by atoms with Crippen molar-refractivity contribution in [1.82, 2.24) is 10.2 Å². The van der Waals surface area contributed by atoms with E-state index in [1.165, 1.54) is 0 Å². The zero-order valence-electron chi connectivity index (χ0n) is 11.2. The number of morpholine rings is 1. The Hall–Kier alpha value is -0.650. The first-order valence-corrected chi connectivity index (χ1v) is 6.12. The SMILES string of the molecule is CC(C(=O)NC(C)(C)C)N1CCOC(CO)C1. The van der Waals surface area contributed by atoms with E-state index in [1.807, 2.05) is 32.6 Å². The van der Waals surface area contributed by atoms with Gasteiger partial charge in [-0.3, -0.25) is 9.69 Å². The molecule has 1 heterocycles. The van der Waals surface area contributed by atoms with E-state index in [2.05, 4.69) is 5.32 Å². The van der Waals surface area contributed by atoms with E-state index in [1.54, 1.807) is 0 Å². The maximum Gasteiger partial charge on any atom is 0.237 e. The van der Waals surface area contributed by atoms with Gasteiger partial charge in [-0.1, -0.05) is 0 Å². The number of hydrogen-bond acceptors (Lipinski definition) is 4. The Bertz CT molecular complexity index is 263. The summed E-state index contributed by atoms with van der Waals surface area (Å²) in [5.41, 5.74) is -0.214. The minimum Gasteiger partial charge on any atom is -0.394 e. The van der Waals surface area contributed by atoms with Gasteiger partial charge in [0.1, 0.15) is 0 Å². The van der Waals surface area contributed by atoms with Crippen molar-refractivity contribution >= 4 is 5.91 Å². The van der Waals surface area contributed by atoms with Crippen LogP contribution >= 0.6 is 0 Å². The first-order valence-electron chi connectivity index (χ1n) is 6.12. The number of rotatable bonds is 3. The summed E-state index contributed by atoms with van der Waals surface area (Å²) in [5.74, 6) is 0.0242. The molecule has 1 fully saturated rings. The molecule has 0 aromatic carbocycles. The van der Waals surface area contributed by atoms with E-state index in [4.69, 9.17) is 9.84 Å². The summed E-state index contributed by atoms with van der Waals surface area (Å²) in [6.07, 6.45) is -0.173. The van der Waals surface area contributed by atoms with Crippen LogP contribution in [0.3, 0.4) is 0 Å². The molecule has 2 unspecified atom stereocenters. The first-order chi connectivity index (χ1) is 7.83. The second-order valence-electron chi connectivity index (χ2n) is 5.59. The number of nitrogens with one attached hydrogen (secondary N) is 1. The predicted molar refractivity (Wildman–Crippen MR) is 65.8 cm³/mol. The summed E-state index contributed by atoms with van der Waals surface area (Å²) in [4.78, 5) is 14.0. The quantitative estimate of drug-likeness (QED) is 0.732. The third-order valence-electron chi connectivity index (χ3n) is 2.80. The molecule has 0 aromatic rings. The highest BCUT2D eigenvalue weighted by Gasteiger charge is 2.29. The van der Waals surface area contributed by atoms with Gasteiger partial charge in [-0.05, 0) is 27.7 Å². The van der Waals surface area contributed by atoms with Crippen LogP contribution in [0.15, 0.2) is 0 Å². The molecule has 2 N–H and O–H groups in total. The van der Waals surface area contributed by atoms with Crippen molar-refractivity contribution in [3.63, 3.8) is 0 Å². The second kappa shape index (κ2) is 5.80. The van der Waals surface area contributed by atoms with Gasteiger partial charge in [0.15, 0.2) is 0 Å². The molecule has 0 aromatic heterocycles. The monoisotopic (exact) mass is 244 g/mol. The van der Waals surface area contributed by atoms with E-state index in [0.29, 0.717) is 13.2 Å². The molecule has 1 saturated heterocycles. The lowest BCUT2D eigenvalue weighted by atomic mass is 10.1. The average molecular weight is 244 g/mol. The Morgan fingerprint density at radius 2 is 2.24 bits per heavy atom. The van der Waals surface area contributed by atoms with E-state index < -0.39 is 0 Å². The normalized spacial score (nSPS) is 24.4. The minimum absolute atomic E-state index is 0.00408. The molecule has 1 rings (SSSR count). The summed E-state index contributed by atoms with van der Waals surface area (Å²) < 4.78 is 5.36. The Morgan fingerprint density at radius 3 is 2.76 bits per heavy atom. The van der Waals surface area contributed by atoms with Crippen LogP contribution in [-0.2, 0) is 9.53 Å². The molecule has 0 spiro atoms. The summed E-state index contributed by atoms with van der Waals surface area (Å²) in [6, 6.07) is -0.188. The standard InChI is InChI=1S/C12H24N2O3/c1-9(11(16)13-12(2,3)4)14-5-6-17-10(7-14)8-15/h9-10,15H,5-8H2,1-4H3,(H,13,16). The highest BCUT2D eigenvalue weighted by atomic mass is 16.5. The lowest BCUT2D eigenvalue weighted by Gasteiger charge is -2.36. The smallest absolute Gasteiger partial charge is 0.237 e. The molecular formula is C12H24N2O3. The van der Waals surface area contributed by atoms with Crippen LogP contribution in [0, 0.1) is 0 Å². The molecule has 0 radical (unpaired) electrons. The van der Waals surface area contributed by atoms with Crippen molar-refractivity contribution in [2.75, 3.05) is 26.3 Å². The van der Waals surface area contributed by atoms with Gasteiger partial charge in [-0.25, -0.2) is 0 Å². The largest absolute Gasteiger partial charge is 0.394 e. The van der Waals surface area contributed by atoms with Gasteiger partial charge < -0.3 is 15.2 Å². The van der Waals surface area contributed by atoms with Gasteiger partial charge in [0, 0.05) is 18.6 Å². The van der Waals surface area contributed by atoms with Gasteiger partial charge in [0.05, 0.1) is 25.4 Å². The van der Waals surface area contributed by atoms with Crippen LogP contribution in [0.4, 0.5) is 0 Å². The van der Waals surface area contributed by atoms with Crippen molar-refractivity contribution in [2.24, 2.45) is 0 Å². The number of aliphatic hydroxyl groups excluding tert-OH is 1. The fourth-order valence-electron chi connectivity index (χ4n) is 1.84. The zero-order chi connectivity index (χ0) is 13.1. The number of carbonyl (C=O) groups is 1. The van der Waals surface area contributed by atoms with Gasteiger partial charge in [-0.15, -0.1) is 0 Å². The van der Waals surface area contributed by atoms with Gasteiger partial charge in [0.2, 0.25) is 5.91 Å². The van der Waals surface area contributed by atoms with Gasteiger partial charge in [0.25, 0.3) is 0 Å². The molecule has 1 amide bonds. The Kier molecular flexibility index (Phi) is 4.91. The number of carbonyl (C=O) groups excluding carboxylic acids is 1. The number of amides is 1. The van der Waals surface area contributed by atoms with Crippen molar-refractivity contribution in [3.05, 3.63) is 0 Å². The minimum atomic E-state index is -0.214. The molecule has 5 heteroatoms. The maximum atomic E-state index is 12.0. The van der Waals surface area contributed by atoms with Crippen LogP contribution in [0.5, 0.6) is 0 Å². The number of ether oxygens (including phenoxy) is 1. The van der Waals surface area contributed by atoms with E-state index >= 15 is 0 Å². The van der Waals surface area contributed by atoms with Crippen molar-refractivity contribution in [2.45, 2.75) is 45.4 Å². The molecule has 1 aliphatic rings. The van der Waals surface area contributed by atoms with Crippen LogP contribution < -0.4 is 5.32 Å². The lowest BCUT2D eigenvalue weighted by Crippen LogP contribution is -2.55. The van der Waals surface area contributed by atoms with Crippen molar-refractivity contribution < 1.29 is 14.6 Å². The summed E-state index contributed by atoms with van der Waals surface area (Å²) in [5, 5.41) is 12.0. The first kappa shape index (κ1) is 14.4. The maximum absolute atomic E-state index is 12.0. The molecule has 17 heavy (non-hydrogen) atoms. The summed E-state index contributed by atoms with van der Waals surface area (Å²) in [7, 11) is 0. The van der Waals surface area contributed by atoms with Crippen LogP contribution in [0.25, 0.3) is 0 Å². The van der Waals surface area contributed by atoms with Gasteiger partial charge in [-0.2, -0.15) is 0 Å². The predicted octanol–water partition coefficient (Wildman–Crippen LogP) is -0.0173. The second-order valence-corrected chi connectivity index (χ2v) is 5.59. The summed E-state index contributed by atoms with van der Waals surface area (Å²) in [6.45, 7) is 9.70. The number of nitrogens with zero attached hydrogens (tertiary/aromatic N) is 1. The highest BCUT2D eigenvalue weighted by molar-refractivity contribution is 5.81. The van der Waals surface area contributed by atoms with Crippen LogP contribution in [-0.4, -0.2) is 59.9 Å². The van der Waals surface area contributed by atoms with Crippen LogP contribution in [0.2, 0.25) is 0 Å². The molecule has 0 saturated carbocycles. The van der Waals surface area contributed by atoms with E-state index in [0.717, 1.165) is 6.54 Å². The molecule has 0 bridgehead atoms. The van der Waals surface area contributed by atoms with Crippen LogP contribution in [0.1, 0.15) is 27.7 Å². The zero-order valence-corrected chi connectivity index (χ0v) is 11.2. The third kappa shape index (κ3) is 4.61. The van der Waals surface area contributed by atoms with Gasteiger partial charge >= 0.3 is 0 Å². The molecule has 5 nitrogen and oxygen atoms in total. The lowest BCUT2D eigenvalue weighted by molar-refractivity contribution is -0.131. The topological polar surface area (TPSA) is 61.8 Å². The fourth-order valence-corrected chi connectivity index (χ4v) is 1.84. The molecule has 1 aliphatic heterocycles. The average Bonchev–Trinajstić information content (AvgIpc) is 2.26. The molecule has 0 aliphatic carbocycles. The van der Waals surface area contributed by atoms with Crippen molar-refractivity contribution in [1.29, 1.82) is 0 Å².